The van der Waals surface area contributed by atoms with Crippen LogP contribution in [0.5, 0.6) is 0 Å². The van der Waals surface area contributed by atoms with Gasteiger partial charge in [-0.2, -0.15) is 5.10 Å². The molecule has 6 heteroatoms. The summed E-state index contributed by atoms with van der Waals surface area (Å²) in [6, 6.07) is 0. The lowest BCUT2D eigenvalue weighted by atomic mass is 10.1. The van der Waals surface area contributed by atoms with Crippen LogP contribution in [0.2, 0.25) is 0 Å². The van der Waals surface area contributed by atoms with Crippen LogP contribution in [0.15, 0.2) is 0 Å². The molecule has 1 amide bonds. The smallest absolute Gasteiger partial charge is 0.272 e. The standard InChI is InChI=1S/C11H18N4O2/c1-7(16)2-5-13-11(17)10-8-6-12-4-3-9(8)14-15-10/h7,12,16H,2-6H2,1H3,(H,13,17)(H,14,15)/t7-/m0/s1. The van der Waals surface area contributed by atoms with Crippen molar-refractivity contribution in [1.29, 1.82) is 0 Å². The van der Waals surface area contributed by atoms with E-state index in [-0.39, 0.29) is 5.91 Å². The lowest BCUT2D eigenvalue weighted by Crippen LogP contribution is -2.30. The van der Waals surface area contributed by atoms with Crippen molar-refractivity contribution < 1.29 is 9.90 Å². The van der Waals surface area contributed by atoms with E-state index in [0.29, 0.717) is 25.2 Å². The molecule has 1 atom stereocenters. The number of H-pyrrole nitrogens is 1. The fraction of sp³-hybridized carbons (Fsp3) is 0.636. The molecule has 1 aromatic rings. The minimum Gasteiger partial charge on any atom is -0.393 e. The number of nitrogens with zero attached hydrogens (tertiary/aromatic N) is 1. The Labute approximate surface area is 99.8 Å². The number of nitrogens with one attached hydrogen (secondary N) is 3. The van der Waals surface area contributed by atoms with Gasteiger partial charge in [0.1, 0.15) is 0 Å². The number of aliphatic hydroxyl groups excluding tert-OH is 1. The fourth-order valence-corrected chi connectivity index (χ4v) is 1.89. The lowest BCUT2D eigenvalue weighted by Gasteiger charge is -2.13. The molecule has 2 heterocycles. The Morgan fingerprint density at radius 2 is 2.47 bits per heavy atom. The highest BCUT2D eigenvalue weighted by molar-refractivity contribution is 5.94. The average Bonchev–Trinajstić information content (AvgIpc) is 2.72. The highest BCUT2D eigenvalue weighted by Gasteiger charge is 2.21. The molecule has 0 saturated heterocycles. The summed E-state index contributed by atoms with van der Waals surface area (Å²) in [7, 11) is 0. The molecule has 0 unspecified atom stereocenters. The molecule has 94 valence electrons. The zero-order chi connectivity index (χ0) is 12.3. The van der Waals surface area contributed by atoms with Crippen LogP contribution in [0.3, 0.4) is 0 Å². The number of hydrogen-bond donors (Lipinski definition) is 4. The zero-order valence-corrected chi connectivity index (χ0v) is 9.92. The van der Waals surface area contributed by atoms with Crippen molar-refractivity contribution in [2.75, 3.05) is 13.1 Å². The van der Waals surface area contributed by atoms with Crippen LogP contribution in [0.1, 0.15) is 35.1 Å². The second-order valence-electron chi connectivity index (χ2n) is 4.35. The van der Waals surface area contributed by atoms with Crippen molar-refractivity contribution in [2.24, 2.45) is 0 Å². The predicted molar refractivity (Wildman–Crippen MR) is 62.6 cm³/mol. The summed E-state index contributed by atoms with van der Waals surface area (Å²) < 4.78 is 0. The molecule has 0 fully saturated rings. The first-order valence-electron chi connectivity index (χ1n) is 5.91. The Bertz CT molecular complexity index is 400. The monoisotopic (exact) mass is 238 g/mol. The number of amides is 1. The Morgan fingerprint density at radius 3 is 3.24 bits per heavy atom. The average molecular weight is 238 g/mol. The SMILES string of the molecule is C[C@H](O)CCNC(=O)c1n[nH]c2c1CNCC2. The van der Waals surface area contributed by atoms with Gasteiger partial charge in [0.25, 0.3) is 5.91 Å². The lowest BCUT2D eigenvalue weighted by molar-refractivity contribution is 0.0939. The van der Waals surface area contributed by atoms with Gasteiger partial charge in [0, 0.05) is 37.3 Å². The van der Waals surface area contributed by atoms with E-state index in [9.17, 15) is 4.79 Å². The first-order chi connectivity index (χ1) is 8.18. The van der Waals surface area contributed by atoms with E-state index in [1.807, 2.05) is 0 Å². The third-order valence-corrected chi connectivity index (χ3v) is 2.87. The molecule has 1 aliphatic rings. The predicted octanol–water partition coefficient (Wildman–Crippen LogP) is -0.444. The summed E-state index contributed by atoms with van der Waals surface area (Å²) in [5, 5.41) is 22.0. The molecule has 0 aromatic carbocycles. The van der Waals surface area contributed by atoms with Crippen molar-refractivity contribution in [1.82, 2.24) is 20.8 Å². The molecule has 0 bridgehead atoms. The molecule has 17 heavy (non-hydrogen) atoms. The van der Waals surface area contributed by atoms with Crippen LogP contribution in [0, 0.1) is 0 Å². The van der Waals surface area contributed by atoms with Crippen molar-refractivity contribution in [3.63, 3.8) is 0 Å². The van der Waals surface area contributed by atoms with Crippen molar-refractivity contribution in [3.05, 3.63) is 17.0 Å². The molecule has 1 aromatic heterocycles. The molecule has 4 N–H and O–H groups in total. The summed E-state index contributed by atoms with van der Waals surface area (Å²) in [6.45, 7) is 3.77. The second kappa shape index (κ2) is 5.29. The maximum absolute atomic E-state index is 11.9. The van der Waals surface area contributed by atoms with Gasteiger partial charge in [0.15, 0.2) is 5.69 Å². The van der Waals surface area contributed by atoms with Crippen LogP contribution in [-0.4, -0.2) is 40.4 Å². The second-order valence-corrected chi connectivity index (χ2v) is 4.35. The highest BCUT2D eigenvalue weighted by Crippen LogP contribution is 2.14. The van der Waals surface area contributed by atoms with E-state index in [2.05, 4.69) is 20.8 Å². The number of aromatic amines is 1. The van der Waals surface area contributed by atoms with E-state index >= 15 is 0 Å². The number of aliphatic hydroxyl groups is 1. The Balaban J connectivity index is 1.97. The molecule has 2 rings (SSSR count). The Hall–Kier alpha value is -1.40. The summed E-state index contributed by atoms with van der Waals surface area (Å²) >= 11 is 0. The minimum absolute atomic E-state index is 0.174. The quantitative estimate of drug-likeness (QED) is 0.572. The largest absolute Gasteiger partial charge is 0.393 e. The fourth-order valence-electron chi connectivity index (χ4n) is 1.89. The van der Waals surface area contributed by atoms with Gasteiger partial charge in [-0.25, -0.2) is 0 Å². The van der Waals surface area contributed by atoms with E-state index in [1.165, 1.54) is 0 Å². The van der Waals surface area contributed by atoms with E-state index < -0.39 is 6.10 Å². The Kier molecular flexibility index (Phi) is 3.75. The maximum Gasteiger partial charge on any atom is 0.272 e. The van der Waals surface area contributed by atoms with Crippen molar-refractivity contribution in [2.45, 2.75) is 32.4 Å². The van der Waals surface area contributed by atoms with Crippen LogP contribution in [0.4, 0.5) is 0 Å². The summed E-state index contributed by atoms with van der Waals surface area (Å²) in [5.74, 6) is -0.174. The highest BCUT2D eigenvalue weighted by atomic mass is 16.3. The van der Waals surface area contributed by atoms with Gasteiger partial charge in [0.05, 0.1) is 6.10 Å². The van der Waals surface area contributed by atoms with Gasteiger partial charge in [0.2, 0.25) is 0 Å². The number of aromatic nitrogens is 2. The van der Waals surface area contributed by atoms with Gasteiger partial charge < -0.3 is 15.7 Å². The van der Waals surface area contributed by atoms with Gasteiger partial charge in [-0.15, -0.1) is 0 Å². The number of fused-ring (bicyclic) bond motifs is 1. The number of carbonyl (C=O) groups excluding carboxylic acids is 1. The van der Waals surface area contributed by atoms with Gasteiger partial charge in [-0.05, 0) is 13.3 Å². The molecule has 0 saturated carbocycles. The molecule has 6 nitrogen and oxygen atoms in total. The molecule has 1 aliphatic heterocycles. The molecule has 0 aliphatic carbocycles. The molecular weight excluding hydrogens is 220 g/mol. The van der Waals surface area contributed by atoms with E-state index in [4.69, 9.17) is 5.11 Å². The number of hydrogen-bond acceptors (Lipinski definition) is 4. The van der Waals surface area contributed by atoms with Crippen molar-refractivity contribution in [3.8, 4) is 0 Å². The minimum atomic E-state index is -0.398. The van der Waals surface area contributed by atoms with E-state index in [1.54, 1.807) is 6.92 Å². The van der Waals surface area contributed by atoms with Crippen LogP contribution in [-0.2, 0) is 13.0 Å². The van der Waals surface area contributed by atoms with E-state index in [0.717, 1.165) is 24.2 Å². The number of rotatable bonds is 4. The topological polar surface area (TPSA) is 90.0 Å². The summed E-state index contributed by atoms with van der Waals surface area (Å²) in [6.07, 6.45) is 1.03. The zero-order valence-electron chi connectivity index (χ0n) is 9.92. The molecule has 0 radical (unpaired) electrons. The first-order valence-corrected chi connectivity index (χ1v) is 5.91. The third-order valence-electron chi connectivity index (χ3n) is 2.87. The maximum atomic E-state index is 11.9. The normalized spacial score (nSPS) is 16.4. The third kappa shape index (κ3) is 2.83. The van der Waals surface area contributed by atoms with Crippen molar-refractivity contribution >= 4 is 5.91 Å². The van der Waals surface area contributed by atoms with Crippen LogP contribution >= 0.6 is 0 Å². The molecular formula is C11H18N4O2. The summed E-state index contributed by atoms with van der Waals surface area (Å²) in [4.78, 5) is 11.9. The number of carbonyl (C=O) groups is 1. The van der Waals surface area contributed by atoms with Gasteiger partial charge in [-0.3, -0.25) is 9.89 Å². The van der Waals surface area contributed by atoms with Crippen LogP contribution < -0.4 is 10.6 Å². The van der Waals surface area contributed by atoms with Crippen LogP contribution in [0.25, 0.3) is 0 Å². The van der Waals surface area contributed by atoms with Gasteiger partial charge in [-0.1, -0.05) is 0 Å². The van der Waals surface area contributed by atoms with Gasteiger partial charge >= 0.3 is 0 Å². The Morgan fingerprint density at radius 1 is 1.65 bits per heavy atom. The first kappa shape index (κ1) is 12.1. The summed E-state index contributed by atoms with van der Waals surface area (Å²) in [5.41, 5.74) is 2.48. The molecule has 0 spiro atoms.